The Kier molecular flexibility index (Phi) is 4.82. The second-order valence-electron chi connectivity index (χ2n) is 5.56. The fourth-order valence-electron chi connectivity index (χ4n) is 2.51. The highest BCUT2D eigenvalue weighted by Gasteiger charge is 2.14. The number of aromatic nitrogens is 2. The number of aromatic amines is 1. The average Bonchev–Trinajstić information content (AvgIpc) is 3.03. The van der Waals surface area contributed by atoms with E-state index in [0.717, 1.165) is 16.5 Å². The number of hydrogen-bond donors (Lipinski definition) is 2. The summed E-state index contributed by atoms with van der Waals surface area (Å²) in [5.74, 6) is -0.428. The highest BCUT2D eigenvalue weighted by Crippen LogP contribution is 2.20. The molecule has 0 bridgehead atoms. The molecule has 5 nitrogen and oxygen atoms in total. The molecule has 0 fully saturated rings. The van der Waals surface area contributed by atoms with E-state index in [1.807, 2.05) is 37.3 Å². The molecule has 6 heteroatoms. The number of nitrogens with zero attached hydrogens (tertiary/aromatic N) is 2. The molecular formula is C19H15ClN4O. The number of amides is 1. The van der Waals surface area contributed by atoms with E-state index in [4.69, 9.17) is 11.6 Å². The van der Waals surface area contributed by atoms with Gasteiger partial charge in [0.25, 0.3) is 5.91 Å². The van der Waals surface area contributed by atoms with Crippen LogP contribution in [-0.2, 0) is 4.79 Å². The van der Waals surface area contributed by atoms with Crippen LogP contribution in [0.15, 0.2) is 54.4 Å². The number of nitriles is 1. The summed E-state index contributed by atoms with van der Waals surface area (Å²) in [6.45, 7) is 1.85. The molecule has 1 atom stereocenters. The molecule has 0 saturated heterocycles. The lowest BCUT2D eigenvalue weighted by Crippen LogP contribution is -2.27. The van der Waals surface area contributed by atoms with Crippen LogP contribution in [0.2, 0.25) is 5.02 Å². The summed E-state index contributed by atoms with van der Waals surface area (Å²) in [4.78, 5) is 19.6. The zero-order valence-electron chi connectivity index (χ0n) is 13.5. The van der Waals surface area contributed by atoms with Crippen molar-refractivity contribution >= 4 is 34.6 Å². The van der Waals surface area contributed by atoms with Gasteiger partial charge in [0.1, 0.15) is 17.3 Å². The molecule has 3 rings (SSSR count). The van der Waals surface area contributed by atoms with Crippen molar-refractivity contribution in [1.29, 1.82) is 5.26 Å². The van der Waals surface area contributed by atoms with Gasteiger partial charge in [-0.15, -0.1) is 0 Å². The van der Waals surface area contributed by atoms with Crippen molar-refractivity contribution in [3.05, 3.63) is 70.5 Å². The van der Waals surface area contributed by atoms with Crippen LogP contribution in [0, 0.1) is 11.3 Å². The molecule has 0 aliphatic carbocycles. The quantitative estimate of drug-likeness (QED) is 0.551. The lowest BCUT2D eigenvalue weighted by atomic mass is 10.1. The van der Waals surface area contributed by atoms with Crippen molar-refractivity contribution in [3.8, 4) is 6.07 Å². The molecule has 1 amide bonds. The zero-order valence-corrected chi connectivity index (χ0v) is 14.2. The number of benzene rings is 1. The monoisotopic (exact) mass is 350 g/mol. The molecule has 2 aromatic heterocycles. The summed E-state index contributed by atoms with van der Waals surface area (Å²) in [6.07, 6.45) is 4.97. The number of rotatable bonds is 4. The van der Waals surface area contributed by atoms with E-state index in [1.54, 1.807) is 30.6 Å². The Morgan fingerprint density at radius 3 is 2.84 bits per heavy atom. The first-order valence-corrected chi connectivity index (χ1v) is 8.06. The third-order valence-electron chi connectivity index (χ3n) is 3.87. The molecule has 2 N–H and O–H groups in total. The third-order valence-corrected chi connectivity index (χ3v) is 4.12. The Morgan fingerprint density at radius 1 is 1.36 bits per heavy atom. The van der Waals surface area contributed by atoms with Crippen molar-refractivity contribution in [3.63, 3.8) is 0 Å². The maximum Gasteiger partial charge on any atom is 0.262 e. The summed E-state index contributed by atoms with van der Waals surface area (Å²) < 4.78 is 0. The van der Waals surface area contributed by atoms with Crippen LogP contribution in [-0.4, -0.2) is 15.9 Å². The lowest BCUT2D eigenvalue weighted by Gasteiger charge is -2.14. The van der Waals surface area contributed by atoms with Crippen molar-refractivity contribution < 1.29 is 4.79 Å². The molecular weight excluding hydrogens is 336 g/mol. The molecule has 0 saturated carbocycles. The Bertz CT molecular complexity index is 983. The van der Waals surface area contributed by atoms with Gasteiger partial charge in [0.2, 0.25) is 0 Å². The number of H-pyrrole nitrogens is 1. The Morgan fingerprint density at radius 2 is 2.12 bits per heavy atom. The molecule has 0 unspecified atom stereocenters. The zero-order chi connectivity index (χ0) is 17.8. The molecule has 0 aliphatic heterocycles. The minimum atomic E-state index is -0.428. The van der Waals surface area contributed by atoms with E-state index in [2.05, 4.69) is 15.3 Å². The Labute approximate surface area is 150 Å². The smallest absolute Gasteiger partial charge is 0.262 e. The van der Waals surface area contributed by atoms with Crippen LogP contribution in [0.25, 0.3) is 17.1 Å². The minimum absolute atomic E-state index is 0.0329. The van der Waals surface area contributed by atoms with Gasteiger partial charge < -0.3 is 10.3 Å². The van der Waals surface area contributed by atoms with Gasteiger partial charge in [-0.2, -0.15) is 5.26 Å². The van der Waals surface area contributed by atoms with E-state index in [-0.39, 0.29) is 11.6 Å². The summed E-state index contributed by atoms with van der Waals surface area (Å²) in [5, 5.41) is 13.7. The molecule has 0 spiro atoms. The van der Waals surface area contributed by atoms with Gasteiger partial charge in [0.05, 0.1) is 6.04 Å². The number of carbonyl (C=O) groups excluding carboxylic acids is 1. The predicted octanol–water partition coefficient (Wildman–Crippen LogP) is 4.00. The predicted molar refractivity (Wildman–Crippen MR) is 97.7 cm³/mol. The van der Waals surface area contributed by atoms with Crippen LogP contribution >= 0.6 is 11.6 Å². The van der Waals surface area contributed by atoms with Crippen LogP contribution < -0.4 is 5.32 Å². The fraction of sp³-hybridized carbons (Fsp3) is 0.105. The number of pyridine rings is 1. The summed E-state index contributed by atoms with van der Waals surface area (Å²) in [5.41, 5.74) is 2.40. The highest BCUT2D eigenvalue weighted by atomic mass is 35.5. The van der Waals surface area contributed by atoms with Gasteiger partial charge in [-0.1, -0.05) is 23.7 Å². The van der Waals surface area contributed by atoms with Crippen LogP contribution in [0.3, 0.4) is 0 Å². The van der Waals surface area contributed by atoms with E-state index >= 15 is 0 Å². The molecule has 0 radical (unpaired) electrons. The van der Waals surface area contributed by atoms with Gasteiger partial charge in [-0.3, -0.25) is 4.79 Å². The average molecular weight is 351 g/mol. The first-order chi connectivity index (χ1) is 12.1. The van der Waals surface area contributed by atoms with Crippen LogP contribution in [0.1, 0.15) is 24.1 Å². The number of halogens is 1. The van der Waals surface area contributed by atoms with E-state index in [9.17, 15) is 10.1 Å². The number of nitrogens with one attached hydrogen (secondary N) is 2. The van der Waals surface area contributed by atoms with E-state index in [0.29, 0.717) is 10.7 Å². The largest absolute Gasteiger partial charge is 0.346 e. The summed E-state index contributed by atoms with van der Waals surface area (Å²) in [6, 6.07) is 12.6. The minimum Gasteiger partial charge on any atom is -0.346 e. The van der Waals surface area contributed by atoms with Crippen molar-refractivity contribution in [1.82, 2.24) is 15.3 Å². The van der Waals surface area contributed by atoms with Gasteiger partial charge in [-0.25, -0.2) is 4.98 Å². The van der Waals surface area contributed by atoms with Crippen LogP contribution in [0.4, 0.5) is 0 Å². The fourth-order valence-corrected chi connectivity index (χ4v) is 2.64. The molecule has 25 heavy (non-hydrogen) atoms. The SMILES string of the molecule is C[C@@H](NC(=O)/C(C#N)=C/c1c[nH]c2ncccc12)c1ccc(Cl)cc1. The first-order valence-electron chi connectivity index (χ1n) is 7.68. The Balaban J connectivity index is 1.81. The van der Waals surface area contributed by atoms with Gasteiger partial charge in [0, 0.05) is 28.4 Å². The molecule has 0 aliphatic rings. The van der Waals surface area contributed by atoms with Crippen molar-refractivity contribution in [2.75, 3.05) is 0 Å². The summed E-state index contributed by atoms with van der Waals surface area (Å²) >= 11 is 5.87. The highest BCUT2D eigenvalue weighted by molar-refractivity contribution is 6.30. The molecule has 1 aromatic carbocycles. The van der Waals surface area contributed by atoms with Gasteiger partial charge in [0.15, 0.2) is 0 Å². The standard InChI is InChI=1S/C19H15ClN4O/c1-12(13-4-6-16(20)7-5-13)24-19(25)14(10-21)9-15-11-23-18-17(15)3-2-8-22-18/h2-9,11-12H,1H3,(H,22,23)(H,24,25)/b14-9+/t12-/m1/s1. The molecule has 2 heterocycles. The van der Waals surface area contributed by atoms with E-state index < -0.39 is 5.91 Å². The number of carbonyl (C=O) groups is 1. The topological polar surface area (TPSA) is 81.6 Å². The van der Waals surface area contributed by atoms with E-state index in [1.165, 1.54) is 0 Å². The van der Waals surface area contributed by atoms with Gasteiger partial charge >= 0.3 is 0 Å². The number of fused-ring (bicyclic) bond motifs is 1. The molecule has 124 valence electrons. The van der Waals surface area contributed by atoms with Crippen molar-refractivity contribution in [2.24, 2.45) is 0 Å². The van der Waals surface area contributed by atoms with Gasteiger partial charge in [-0.05, 0) is 42.8 Å². The summed E-state index contributed by atoms with van der Waals surface area (Å²) in [7, 11) is 0. The maximum atomic E-state index is 12.4. The number of hydrogen-bond acceptors (Lipinski definition) is 3. The lowest BCUT2D eigenvalue weighted by molar-refractivity contribution is -0.117. The normalized spacial score (nSPS) is 12.6. The first kappa shape index (κ1) is 16.7. The van der Waals surface area contributed by atoms with Crippen molar-refractivity contribution in [2.45, 2.75) is 13.0 Å². The maximum absolute atomic E-state index is 12.4. The van der Waals surface area contributed by atoms with Crippen LogP contribution in [0.5, 0.6) is 0 Å². The second kappa shape index (κ2) is 7.20. The Hall–Kier alpha value is -3.10. The third kappa shape index (κ3) is 3.70. The molecule has 3 aromatic rings. The second-order valence-corrected chi connectivity index (χ2v) is 6.00.